The SMILES string of the molecule is CCC(C)Oc1ccc(/C=N/NC(=O)c2ccc(C#N)cc2F)cc1. The van der Waals surface area contributed by atoms with E-state index >= 15 is 0 Å². The normalized spacial score (nSPS) is 11.8. The Morgan fingerprint density at radius 3 is 2.68 bits per heavy atom. The average molecular weight is 339 g/mol. The van der Waals surface area contributed by atoms with Crippen LogP contribution in [-0.2, 0) is 0 Å². The van der Waals surface area contributed by atoms with E-state index in [-0.39, 0.29) is 17.2 Å². The molecule has 128 valence electrons. The summed E-state index contributed by atoms with van der Waals surface area (Å²) >= 11 is 0. The molecule has 1 amide bonds. The minimum Gasteiger partial charge on any atom is -0.491 e. The Hall–Kier alpha value is -3.20. The highest BCUT2D eigenvalue weighted by Gasteiger charge is 2.11. The van der Waals surface area contributed by atoms with E-state index in [4.69, 9.17) is 10.00 Å². The van der Waals surface area contributed by atoms with Gasteiger partial charge >= 0.3 is 0 Å². The second-order valence-corrected chi connectivity index (χ2v) is 5.41. The molecule has 0 aliphatic rings. The summed E-state index contributed by atoms with van der Waals surface area (Å²) in [6.07, 6.45) is 2.51. The van der Waals surface area contributed by atoms with Gasteiger partial charge in [0, 0.05) is 0 Å². The molecule has 0 heterocycles. The maximum Gasteiger partial charge on any atom is 0.274 e. The standard InChI is InChI=1S/C19H18FN3O2/c1-3-13(2)25-16-7-4-14(5-8-16)12-22-23-19(24)17-9-6-15(11-21)10-18(17)20/h4-10,12-13H,3H2,1-2H3,(H,23,24)/b22-12+. The summed E-state index contributed by atoms with van der Waals surface area (Å²) in [5, 5.41) is 12.5. The molecule has 1 atom stereocenters. The molecule has 0 saturated carbocycles. The lowest BCUT2D eigenvalue weighted by Crippen LogP contribution is -2.19. The maximum atomic E-state index is 13.7. The highest BCUT2D eigenvalue weighted by molar-refractivity contribution is 5.95. The average Bonchev–Trinajstić information content (AvgIpc) is 2.62. The molecule has 0 aromatic heterocycles. The van der Waals surface area contributed by atoms with Crippen LogP contribution in [0.1, 0.15) is 41.8 Å². The molecule has 0 aliphatic carbocycles. The number of hydrogen-bond acceptors (Lipinski definition) is 4. The first-order chi connectivity index (χ1) is 12.0. The minimum absolute atomic E-state index is 0.140. The summed E-state index contributed by atoms with van der Waals surface area (Å²) in [5.41, 5.74) is 3.00. The summed E-state index contributed by atoms with van der Waals surface area (Å²) in [5.74, 6) is -0.691. The molecule has 1 unspecified atom stereocenters. The second-order valence-electron chi connectivity index (χ2n) is 5.41. The number of hydrogen-bond donors (Lipinski definition) is 1. The molecular formula is C19H18FN3O2. The number of amides is 1. The largest absolute Gasteiger partial charge is 0.491 e. The van der Waals surface area contributed by atoms with Gasteiger partial charge in [0.2, 0.25) is 0 Å². The molecule has 0 radical (unpaired) electrons. The summed E-state index contributed by atoms with van der Waals surface area (Å²) in [6.45, 7) is 4.04. The Morgan fingerprint density at radius 2 is 2.08 bits per heavy atom. The van der Waals surface area contributed by atoms with E-state index in [1.807, 2.05) is 26.0 Å². The topological polar surface area (TPSA) is 74.5 Å². The zero-order chi connectivity index (χ0) is 18.2. The third-order valence-corrected chi connectivity index (χ3v) is 3.51. The van der Waals surface area contributed by atoms with Gasteiger partial charge in [0.25, 0.3) is 5.91 Å². The van der Waals surface area contributed by atoms with Crippen LogP contribution >= 0.6 is 0 Å². The zero-order valence-corrected chi connectivity index (χ0v) is 14.0. The molecule has 6 heteroatoms. The summed E-state index contributed by atoms with van der Waals surface area (Å²) in [4.78, 5) is 11.9. The quantitative estimate of drug-likeness (QED) is 0.645. The van der Waals surface area contributed by atoms with Gasteiger partial charge in [0.15, 0.2) is 0 Å². The molecule has 5 nitrogen and oxygen atoms in total. The van der Waals surface area contributed by atoms with Crippen LogP contribution in [0.15, 0.2) is 47.6 Å². The third kappa shape index (κ3) is 5.15. The van der Waals surface area contributed by atoms with Crippen LogP contribution < -0.4 is 10.2 Å². The summed E-state index contributed by atoms with van der Waals surface area (Å²) < 4.78 is 19.4. The van der Waals surface area contributed by atoms with Crippen molar-refractivity contribution in [2.24, 2.45) is 5.10 Å². The van der Waals surface area contributed by atoms with Crippen molar-refractivity contribution in [3.63, 3.8) is 0 Å². The molecule has 1 N–H and O–H groups in total. The van der Waals surface area contributed by atoms with Crippen molar-refractivity contribution < 1.29 is 13.9 Å². The lowest BCUT2D eigenvalue weighted by atomic mass is 10.1. The van der Waals surface area contributed by atoms with Gasteiger partial charge in [-0.25, -0.2) is 9.82 Å². The van der Waals surface area contributed by atoms with E-state index in [0.29, 0.717) is 0 Å². The Bertz CT molecular complexity index is 810. The number of carbonyl (C=O) groups is 1. The van der Waals surface area contributed by atoms with Crippen molar-refractivity contribution in [1.82, 2.24) is 5.43 Å². The zero-order valence-electron chi connectivity index (χ0n) is 14.0. The highest BCUT2D eigenvalue weighted by atomic mass is 19.1. The molecule has 2 aromatic rings. The number of hydrazone groups is 1. The van der Waals surface area contributed by atoms with Crippen molar-refractivity contribution >= 4 is 12.1 Å². The van der Waals surface area contributed by atoms with Gasteiger partial charge in [-0.3, -0.25) is 4.79 Å². The maximum absolute atomic E-state index is 13.7. The van der Waals surface area contributed by atoms with Crippen LogP contribution in [0.25, 0.3) is 0 Å². The van der Waals surface area contributed by atoms with Gasteiger partial charge in [-0.1, -0.05) is 6.92 Å². The Morgan fingerprint density at radius 1 is 1.36 bits per heavy atom. The first-order valence-corrected chi connectivity index (χ1v) is 7.83. The molecule has 0 aliphatic heterocycles. The molecule has 2 aromatic carbocycles. The predicted molar refractivity (Wildman–Crippen MR) is 93.0 cm³/mol. The number of benzene rings is 2. The molecular weight excluding hydrogens is 321 g/mol. The van der Waals surface area contributed by atoms with Gasteiger partial charge in [0.1, 0.15) is 11.6 Å². The molecule has 0 bridgehead atoms. The van der Waals surface area contributed by atoms with Crippen LogP contribution in [0.2, 0.25) is 0 Å². The number of nitrogens with one attached hydrogen (secondary N) is 1. The predicted octanol–water partition coefficient (Wildman–Crippen LogP) is 3.64. The fraction of sp³-hybridized carbons (Fsp3) is 0.211. The Kier molecular flexibility index (Phi) is 6.24. The Balaban J connectivity index is 1.96. The highest BCUT2D eigenvalue weighted by Crippen LogP contribution is 2.14. The molecule has 0 spiro atoms. The van der Waals surface area contributed by atoms with E-state index in [1.54, 1.807) is 18.2 Å². The van der Waals surface area contributed by atoms with Gasteiger partial charge in [-0.15, -0.1) is 0 Å². The monoisotopic (exact) mass is 339 g/mol. The van der Waals surface area contributed by atoms with Crippen molar-refractivity contribution in [2.75, 3.05) is 0 Å². The summed E-state index contributed by atoms with van der Waals surface area (Å²) in [7, 11) is 0. The first-order valence-electron chi connectivity index (χ1n) is 7.83. The minimum atomic E-state index is -0.765. The van der Waals surface area contributed by atoms with Crippen molar-refractivity contribution in [3.8, 4) is 11.8 Å². The first kappa shape index (κ1) is 18.1. The van der Waals surface area contributed by atoms with E-state index in [2.05, 4.69) is 10.5 Å². The summed E-state index contributed by atoms with van der Waals surface area (Å²) in [6, 6.07) is 12.7. The van der Waals surface area contributed by atoms with Crippen molar-refractivity contribution in [3.05, 3.63) is 65.0 Å². The lowest BCUT2D eigenvalue weighted by molar-refractivity contribution is 0.0951. The second kappa shape index (κ2) is 8.60. The molecule has 25 heavy (non-hydrogen) atoms. The number of nitrogens with zero attached hydrogens (tertiary/aromatic N) is 2. The van der Waals surface area contributed by atoms with Gasteiger partial charge < -0.3 is 4.74 Å². The molecule has 0 fully saturated rings. The fourth-order valence-electron chi connectivity index (χ4n) is 1.94. The number of nitriles is 1. The van der Waals surface area contributed by atoms with Crippen molar-refractivity contribution in [2.45, 2.75) is 26.4 Å². The van der Waals surface area contributed by atoms with Crippen LogP contribution in [0.3, 0.4) is 0 Å². The smallest absolute Gasteiger partial charge is 0.274 e. The van der Waals surface area contributed by atoms with Gasteiger partial charge in [-0.2, -0.15) is 10.4 Å². The van der Waals surface area contributed by atoms with E-state index in [0.717, 1.165) is 23.8 Å². The molecule has 0 saturated heterocycles. The van der Waals surface area contributed by atoms with E-state index < -0.39 is 11.7 Å². The Labute approximate surface area is 145 Å². The van der Waals surface area contributed by atoms with Crippen LogP contribution in [-0.4, -0.2) is 18.2 Å². The number of ether oxygens (including phenoxy) is 1. The van der Waals surface area contributed by atoms with E-state index in [9.17, 15) is 9.18 Å². The van der Waals surface area contributed by atoms with Crippen LogP contribution in [0, 0.1) is 17.1 Å². The lowest BCUT2D eigenvalue weighted by Gasteiger charge is -2.12. The van der Waals surface area contributed by atoms with Gasteiger partial charge in [0.05, 0.1) is 29.5 Å². The number of rotatable bonds is 6. The fourth-order valence-corrected chi connectivity index (χ4v) is 1.94. The molecule has 2 rings (SSSR count). The number of carbonyl (C=O) groups excluding carboxylic acids is 1. The van der Waals surface area contributed by atoms with Crippen LogP contribution in [0.4, 0.5) is 4.39 Å². The van der Waals surface area contributed by atoms with E-state index in [1.165, 1.54) is 18.3 Å². The third-order valence-electron chi connectivity index (χ3n) is 3.51. The van der Waals surface area contributed by atoms with Gasteiger partial charge in [-0.05, 0) is 61.4 Å². The number of halogens is 1. The van der Waals surface area contributed by atoms with Crippen LogP contribution in [0.5, 0.6) is 5.75 Å². The van der Waals surface area contributed by atoms with Crippen molar-refractivity contribution in [1.29, 1.82) is 5.26 Å².